The van der Waals surface area contributed by atoms with Crippen molar-refractivity contribution in [2.45, 2.75) is 58.4 Å². The Kier molecular flexibility index (Phi) is 5.91. The number of nitrogens with one attached hydrogen (secondary N) is 2. The molecular formula is C21H28N4O4. The Balaban J connectivity index is 1.68. The highest BCUT2D eigenvalue weighted by molar-refractivity contribution is 6.10. The lowest BCUT2D eigenvalue weighted by Crippen LogP contribution is -2.47. The van der Waals surface area contributed by atoms with Crippen LogP contribution in [0.1, 0.15) is 52.0 Å². The summed E-state index contributed by atoms with van der Waals surface area (Å²) in [5.41, 5.74) is 1.52. The largest absolute Gasteiger partial charge is 0.325 e. The molecule has 1 aromatic carbocycles. The van der Waals surface area contributed by atoms with Gasteiger partial charge in [-0.05, 0) is 43.0 Å². The lowest BCUT2D eigenvalue weighted by Gasteiger charge is -2.25. The number of urea groups is 1. The van der Waals surface area contributed by atoms with Crippen LogP contribution >= 0.6 is 0 Å². The van der Waals surface area contributed by atoms with Gasteiger partial charge in [0.2, 0.25) is 11.8 Å². The maximum atomic E-state index is 12.9. The number of nitrogens with zero attached hydrogens (tertiary/aromatic N) is 2. The van der Waals surface area contributed by atoms with Crippen molar-refractivity contribution in [3.63, 3.8) is 0 Å². The fraction of sp³-hybridized carbons (Fsp3) is 0.524. The summed E-state index contributed by atoms with van der Waals surface area (Å²) in [6, 6.07) is 4.85. The molecule has 2 heterocycles. The first-order valence-corrected chi connectivity index (χ1v) is 10.2. The van der Waals surface area contributed by atoms with E-state index in [-0.39, 0.29) is 18.4 Å². The molecule has 2 aliphatic rings. The van der Waals surface area contributed by atoms with Crippen molar-refractivity contribution in [2.24, 2.45) is 0 Å². The minimum Gasteiger partial charge on any atom is -0.325 e. The number of carbonyl (C=O) groups excluding carboxylic acids is 4. The number of rotatable bonds is 7. The molecule has 2 N–H and O–H groups in total. The van der Waals surface area contributed by atoms with Gasteiger partial charge in [0.15, 0.2) is 0 Å². The number of hydrogen-bond acceptors (Lipinski definition) is 4. The zero-order valence-corrected chi connectivity index (χ0v) is 17.2. The molecule has 5 amide bonds. The van der Waals surface area contributed by atoms with Crippen LogP contribution in [0.5, 0.6) is 0 Å². The smallest absolute Gasteiger partial charge is 0.325 e. The van der Waals surface area contributed by atoms with Crippen molar-refractivity contribution in [1.29, 1.82) is 0 Å². The van der Waals surface area contributed by atoms with Crippen LogP contribution in [0.15, 0.2) is 18.2 Å². The maximum Gasteiger partial charge on any atom is 0.325 e. The molecule has 8 heteroatoms. The van der Waals surface area contributed by atoms with E-state index in [2.05, 4.69) is 10.6 Å². The van der Waals surface area contributed by atoms with E-state index in [0.717, 1.165) is 35.4 Å². The lowest BCUT2D eigenvalue weighted by atomic mass is 9.88. The first kappa shape index (κ1) is 20.8. The SMILES string of the molecule is CCCC1(CCC)NC(=O)N(CC(=O)Nc2ccc3c(c2)CCN3C(C)=O)C1=O. The van der Waals surface area contributed by atoms with Crippen LogP contribution in [0, 0.1) is 0 Å². The molecule has 0 radical (unpaired) electrons. The molecule has 8 nitrogen and oxygen atoms in total. The molecule has 0 aliphatic carbocycles. The van der Waals surface area contributed by atoms with Crippen LogP contribution in [-0.4, -0.2) is 47.3 Å². The van der Waals surface area contributed by atoms with Gasteiger partial charge in [-0.25, -0.2) is 4.79 Å². The summed E-state index contributed by atoms with van der Waals surface area (Å²) in [5.74, 6) is -0.771. The minimum absolute atomic E-state index is 0.0123. The molecule has 0 unspecified atom stereocenters. The molecule has 2 aliphatic heterocycles. The monoisotopic (exact) mass is 400 g/mol. The molecular weight excluding hydrogens is 372 g/mol. The van der Waals surface area contributed by atoms with Crippen LogP contribution in [-0.2, 0) is 20.8 Å². The second kappa shape index (κ2) is 8.23. The van der Waals surface area contributed by atoms with Gasteiger partial charge in [-0.2, -0.15) is 0 Å². The van der Waals surface area contributed by atoms with Crippen molar-refractivity contribution in [3.8, 4) is 0 Å². The van der Waals surface area contributed by atoms with Gasteiger partial charge in [-0.15, -0.1) is 0 Å². The van der Waals surface area contributed by atoms with Crippen LogP contribution in [0.2, 0.25) is 0 Å². The van der Waals surface area contributed by atoms with Gasteiger partial charge in [0.05, 0.1) is 0 Å². The summed E-state index contributed by atoms with van der Waals surface area (Å²) in [7, 11) is 0. The minimum atomic E-state index is -0.898. The standard InChI is InChI=1S/C21H28N4O4/c1-4-9-21(10-5-2)19(28)25(20(29)23-21)13-18(27)22-16-6-7-17-15(12-16)8-11-24(17)14(3)26/h6-7,12H,4-5,8-11,13H2,1-3H3,(H,22,27)(H,23,29). The van der Waals surface area contributed by atoms with E-state index >= 15 is 0 Å². The van der Waals surface area contributed by atoms with E-state index in [1.807, 2.05) is 19.9 Å². The van der Waals surface area contributed by atoms with Gasteiger partial charge in [0, 0.05) is 24.8 Å². The summed E-state index contributed by atoms with van der Waals surface area (Å²) < 4.78 is 0. The predicted molar refractivity (Wildman–Crippen MR) is 110 cm³/mol. The number of amides is 5. The average Bonchev–Trinajstić information content (AvgIpc) is 3.17. The maximum absolute atomic E-state index is 12.9. The molecule has 0 aromatic heterocycles. The molecule has 1 saturated heterocycles. The summed E-state index contributed by atoms with van der Waals surface area (Å²) >= 11 is 0. The number of fused-ring (bicyclic) bond motifs is 1. The summed E-state index contributed by atoms with van der Waals surface area (Å²) in [6.45, 7) is 5.76. The van der Waals surface area contributed by atoms with Gasteiger partial charge < -0.3 is 15.5 Å². The van der Waals surface area contributed by atoms with E-state index in [9.17, 15) is 19.2 Å². The third kappa shape index (κ3) is 3.97. The Morgan fingerprint density at radius 2 is 1.86 bits per heavy atom. The highest BCUT2D eigenvalue weighted by Crippen LogP contribution is 2.31. The number of benzene rings is 1. The summed E-state index contributed by atoms with van der Waals surface area (Å²) in [5, 5.41) is 5.57. The van der Waals surface area contributed by atoms with Crippen LogP contribution in [0.4, 0.5) is 16.2 Å². The zero-order chi connectivity index (χ0) is 21.2. The Hall–Kier alpha value is -2.90. The molecule has 1 fully saturated rings. The first-order chi connectivity index (χ1) is 13.8. The van der Waals surface area contributed by atoms with Crippen LogP contribution in [0.25, 0.3) is 0 Å². The number of carbonyl (C=O) groups is 4. The number of anilines is 2. The van der Waals surface area contributed by atoms with Gasteiger partial charge in [0.25, 0.3) is 5.91 Å². The highest BCUT2D eigenvalue weighted by Gasteiger charge is 2.50. The molecule has 156 valence electrons. The Labute approximate surface area is 170 Å². The predicted octanol–water partition coefficient (Wildman–Crippen LogP) is 2.42. The second-order valence-electron chi connectivity index (χ2n) is 7.72. The van der Waals surface area contributed by atoms with Crippen LogP contribution < -0.4 is 15.5 Å². The topological polar surface area (TPSA) is 98.8 Å². The first-order valence-electron chi connectivity index (χ1n) is 10.2. The normalized spacial score (nSPS) is 17.3. The Bertz CT molecular complexity index is 845. The number of imide groups is 1. The number of hydrogen-bond donors (Lipinski definition) is 2. The molecule has 3 rings (SSSR count). The van der Waals surface area contributed by atoms with Crippen molar-refractivity contribution >= 4 is 35.1 Å². The molecule has 1 aromatic rings. The fourth-order valence-electron chi connectivity index (χ4n) is 4.29. The van der Waals surface area contributed by atoms with E-state index in [1.54, 1.807) is 17.0 Å². The highest BCUT2D eigenvalue weighted by atomic mass is 16.2. The van der Waals surface area contributed by atoms with E-state index in [1.165, 1.54) is 6.92 Å². The molecule has 0 saturated carbocycles. The van der Waals surface area contributed by atoms with E-state index < -0.39 is 17.5 Å². The van der Waals surface area contributed by atoms with Crippen LogP contribution in [0.3, 0.4) is 0 Å². The van der Waals surface area contributed by atoms with Crippen molar-refractivity contribution < 1.29 is 19.2 Å². The van der Waals surface area contributed by atoms with Crippen molar-refractivity contribution in [2.75, 3.05) is 23.3 Å². The molecule has 0 bridgehead atoms. The molecule has 0 spiro atoms. The van der Waals surface area contributed by atoms with Crippen molar-refractivity contribution in [1.82, 2.24) is 10.2 Å². The molecule has 0 atom stereocenters. The Morgan fingerprint density at radius 3 is 2.48 bits per heavy atom. The van der Waals surface area contributed by atoms with Gasteiger partial charge in [-0.1, -0.05) is 26.7 Å². The quantitative estimate of drug-likeness (QED) is 0.687. The van der Waals surface area contributed by atoms with Gasteiger partial charge >= 0.3 is 6.03 Å². The summed E-state index contributed by atoms with van der Waals surface area (Å²) in [6.07, 6.45) is 3.36. The van der Waals surface area contributed by atoms with Gasteiger partial charge in [-0.3, -0.25) is 19.3 Å². The second-order valence-corrected chi connectivity index (χ2v) is 7.72. The van der Waals surface area contributed by atoms with Gasteiger partial charge in [0.1, 0.15) is 12.1 Å². The Morgan fingerprint density at radius 1 is 1.17 bits per heavy atom. The lowest BCUT2D eigenvalue weighted by molar-refractivity contribution is -0.134. The third-order valence-corrected chi connectivity index (χ3v) is 5.54. The zero-order valence-electron chi connectivity index (χ0n) is 17.2. The summed E-state index contributed by atoms with van der Waals surface area (Å²) in [4.78, 5) is 52.1. The van der Waals surface area contributed by atoms with Crippen molar-refractivity contribution in [3.05, 3.63) is 23.8 Å². The molecule has 29 heavy (non-hydrogen) atoms. The average molecular weight is 400 g/mol. The van der Waals surface area contributed by atoms with E-state index in [4.69, 9.17) is 0 Å². The van der Waals surface area contributed by atoms with E-state index in [0.29, 0.717) is 25.1 Å². The fourth-order valence-corrected chi connectivity index (χ4v) is 4.29. The third-order valence-electron chi connectivity index (χ3n) is 5.54.